The number of aryl methyl sites for hydroxylation is 3. The third-order valence-corrected chi connectivity index (χ3v) is 4.72. The molecule has 0 saturated heterocycles. The van der Waals surface area contributed by atoms with E-state index >= 15 is 0 Å². The van der Waals surface area contributed by atoms with Crippen LogP contribution in [0.1, 0.15) is 32.2 Å². The first-order valence-corrected chi connectivity index (χ1v) is 7.25. The van der Waals surface area contributed by atoms with Gasteiger partial charge in [-0.05, 0) is 37.0 Å². The predicted octanol–water partition coefficient (Wildman–Crippen LogP) is 2.09. The van der Waals surface area contributed by atoms with Gasteiger partial charge in [-0.1, -0.05) is 0 Å². The van der Waals surface area contributed by atoms with E-state index in [9.17, 15) is 4.79 Å². The fourth-order valence-corrected chi connectivity index (χ4v) is 3.75. The number of amides is 1. The van der Waals surface area contributed by atoms with Crippen LogP contribution in [-0.4, -0.2) is 10.5 Å². The smallest absolute Gasteiger partial charge is 0.268 e. The molecule has 19 heavy (non-hydrogen) atoms. The van der Waals surface area contributed by atoms with Crippen LogP contribution in [0.3, 0.4) is 0 Å². The summed E-state index contributed by atoms with van der Waals surface area (Å²) in [5.74, 6) is -0.0761. The van der Waals surface area contributed by atoms with Crippen molar-refractivity contribution in [2.75, 3.05) is 5.73 Å². The van der Waals surface area contributed by atoms with E-state index in [-0.39, 0.29) is 5.91 Å². The molecular formula is C14H17N3OS. The number of carbonyl (C=O) groups is 1. The van der Waals surface area contributed by atoms with Gasteiger partial charge in [0.25, 0.3) is 5.91 Å². The van der Waals surface area contributed by atoms with E-state index in [1.807, 2.05) is 18.4 Å². The molecule has 0 atom stereocenters. The van der Waals surface area contributed by atoms with Crippen LogP contribution in [-0.2, 0) is 26.4 Å². The maximum atomic E-state index is 12.0. The normalized spacial score (nSPS) is 13.5. The SMILES string of the molecule is Cn1cc(N)cc1C(=O)NCc1cc2c(s1)CCC2. The summed E-state index contributed by atoms with van der Waals surface area (Å²) < 4.78 is 1.75. The van der Waals surface area contributed by atoms with Crippen molar-refractivity contribution in [2.45, 2.75) is 25.8 Å². The van der Waals surface area contributed by atoms with Crippen LogP contribution in [0.15, 0.2) is 18.3 Å². The van der Waals surface area contributed by atoms with Gasteiger partial charge in [0.2, 0.25) is 0 Å². The van der Waals surface area contributed by atoms with E-state index in [0.29, 0.717) is 17.9 Å². The molecule has 3 rings (SSSR count). The highest BCUT2D eigenvalue weighted by molar-refractivity contribution is 7.12. The summed E-state index contributed by atoms with van der Waals surface area (Å²) in [5.41, 5.74) is 8.36. The van der Waals surface area contributed by atoms with Crippen LogP contribution in [0.5, 0.6) is 0 Å². The Balaban J connectivity index is 1.65. The van der Waals surface area contributed by atoms with Crippen molar-refractivity contribution in [3.8, 4) is 0 Å². The molecule has 1 aliphatic rings. The Kier molecular flexibility index (Phi) is 3.06. The van der Waals surface area contributed by atoms with Crippen LogP contribution in [0.2, 0.25) is 0 Å². The molecule has 5 heteroatoms. The Morgan fingerprint density at radius 1 is 1.47 bits per heavy atom. The van der Waals surface area contributed by atoms with Crippen molar-refractivity contribution < 1.29 is 4.79 Å². The van der Waals surface area contributed by atoms with Crippen molar-refractivity contribution in [3.05, 3.63) is 39.3 Å². The average molecular weight is 275 g/mol. The maximum Gasteiger partial charge on any atom is 0.268 e. The Morgan fingerprint density at radius 3 is 3.00 bits per heavy atom. The standard InChI is InChI=1S/C14H17N3OS/c1-17-8-10(15)6-12(17)14(18)16-7-11-5-9-3-2-4-13(9)19-11/h5-6,8H,2-4,7,15H2,1H3,(H,16,18). The van der Waals surface area contributed by atoms with Crippen molar-refractivity contribution in [2.24, 2.45) is 7.05 Å². The Bertz CT molecular complexity index is 605. The second-order valence-electron chi connectivity index (χ2n) is 4.97. The fraction of sp³-hybridized carbons (Fsp3) is 0.357. The van der Waals surface area contributed by atoms with E-state index < -0.39 is 0 Å². The van der Waals surface area contributed by atoms with Gasteiger partial charge >= 0.3 is 0 Å². The minimum absolute atomic E-state index is 0.0761. The minimum atomic E-state index is -0.0761. The number of carbonyl (C=O) groups excluding carboxylic acids is 1. The van der Waals surface area contributed by atoms with E-state index in [1.54, 1.807) is 16.8 Å². The monoisotopic (exact) mass is 275 g/mol. The zero-order valence-corrected chi connectivity index (χ0v) is 11.7. The molecule has 2 aromatic rings. The summed E-state index contributed by atoms with van der Waals surface area (Å²) in [6.45, 7) is 0.599. The summed E-state index contributed by atoms with van der Waals surface area (Å²) in [6, 6.07) is 3.93. The van der Waals surface area contributed by atoms with Crippen molar-refractivity contribution >= 4 is 22.9 Å². The number of aromatic nitrogens is 1. The third-order valence-electron chi connectivity index (χ3n) is 3.48. The van der Waals surface area contributed by atoms with Crippen molar-refractivity contribution in [1.29, 1.82) is 0 Å². The van der Waals surface area contributed by atoms with Gasteiger partial charge in [0, 0.05) is 23.0 Å². The highest BCUT2D eigenvalue weighted by Gasteiger charge is 2.16. The van der Waals surface area contributed by atoms with Crippen LogP contribution in [0.4, 0.5) is 5.69 Å². The molecule has 0 unspecified atom stereocenters. The van der Waals surface area contributed by atoms with Gasteiger partial charge < -0.3 is 15.6 Å². The number of rotatable bonds is 3. The van der Waals surface area contributed by atoms with E-state index in [1.165, 1.54) is 34.6 Å². The topological polar surface area (TPSA) is 60.0 Å². The zero-order chi connectivity index (χ0) is 13.4. The zero-order valence-electron chi connectivity index (χ0n) is 10.9. The molecule has 0 bridgehead atoms. The molecular weight excluding hydrogens is 258 g/mol. The molecule has 0 aliphatic heterocycles. The number of nitrogens with zero attached hydrogens (tertiary/aromatic N) is 1. The molecule has 1 aliphatic carbocycles. The highest BCUT2D eigenvalue weighted by atomic mass is 32.1. The summed E-state index contributed by atoms with van der Waals surface area (Å²) >= 11 is 1.82. The van der Waals surface area contributed by atoms with Crippen LogP contribution >= 0.6 is 11.3 Å². The summed E-state index contributed by atoms with van der Waals surface area (Å²) in [4.78, 5) is 14.8. The highest BCUT2D eigenvalue weighted by Crippen LogP contribution is 2.30. The first-order valence-electron chi connectivity index (χ1n) is 6.44. The first kappa shape index (κ1) is 12.3. The number of nitrogen functional groups attached to an aromatic ring is 1. The number of fused-ring (bicyclic) bond motifs is 1. The minimum Gasteiger partial charge on any atom is -0.397 e. The Labute approximate surface area is 116 Å². The van der Waals surface area contributed by atoms with E-state index in [0.717, 1.165) is 0 Å². The summed E-state index contributed by atoms with van der Waals surface area (Å²) in [7, 11) is 1.82. The number of nitrogens with two attached hydrogens (primary N) is 1. The molecule has 0 radical (unpaired) electrons. The number of thiophene rings is 1. The lowest BCUT2D eigenvalue weighted by Gasteiger charge is -2.04. The lowest BCUT2D eigenvalue weighted by molar-refractivity contribution is 0.0943. The first-order chi connectivity index (χ1) is 9.13. The molecule has 3 N–H and O–H groups in total. The van der Waals surface area contributed by atoms with Gasteiger partial charge in [-0.15, -0.1) is 11.3 Å². The number of hydrogen-bond acceptors (Lipinski definition) is 3. The lowest BCUT2D eigenvalue weighted by Crippen LogP contribution is -2.24. The Morgan fingerprint density at radius 2 is 2.32 bits per heavy atom. The molecule has 0 saturated carbocycles. The van der Waals surface area contributed by atoms with Crippen molar-refractivity contribution in [3.63, 3.8) is 0 Å². The van der Waals surface area contributed by atoms with Crippen LogP contribution in [0.25, 0.3) is 0 Å². The molecule has 4 nitrogen and oxygen atoms in total. The summed E-state index contributed by atoms with van der Waals surface area (Å²) in [5, 5.41) is 2.95. The van der Waals surface area contributed by atoms with Crippen LogP contribution < -0.4 is 11.1 Å². The van der Waals surface area contributed by atoms with Gasteiger partial charge in [-0.25, -0.2) is 0 Å². The van der Waals surface area contributed by atoms with Crippen molar-refractivity contribution in [1.82, 2.24) is 9.88 Å². The number of hydrogen-bond donors (Lipinski definition) is 2. The van der Waals surface area contributed by atoms with Crippen LogP contribution in [0, 0.1) is 0 Å². The van der Waals surface area contributed by atoms with Gasteiger partial charge in [0.05, 0.1) is 12.2 Å². The van der Waals surface area contributed by atoms with E-state index in [2.05, 4.69) is 11.4 Å². The molecule has 100 valence electrons. The molecule has 2 heterocycles. The molecule has 0 aromatic carbocycles. The van der Waals surface area contributed by atoms with Gasteiger partial charge in [0.15, 0.2) is 0 Å². The maximum absolute atomic E-state index is 12.0. The molecule has 0 fully saturated rings. The van der Waals surface area contributed by atoms with Gasteiger partial charge in [-0.2, -0.15) is 0 Å². The molecule has 1 amide bonds. The second-order valence-corrected chi connectivity index (χ2v) is 6.19. The van der Waals surface area contributed by atoms with E-state index in [4.69, 9.17) is 5.73 Å². The van der Waals surface area contributed by atoms with Gasteiger partial charge in [-0.3, -0.25) is 4.79 Å². The lowest BCUT2D eigenvalue weighted by atomic mass is 10.2. The quantitative estimate of drug-likeness (QED) is 0.901. The molecule has 2 aromatic heterocycles. The number of anilines is 1. The molecule has 0 spiro atoms. The average Bonchev–Trinajstić information content (AvgIpc) is 3.00. The largest absolute Gasteiger partial charge is 0.397 e. The fourth-order valence-electron chi connectivity index (χ4n) is 2.55. The number of nitrogens with one attached hydrogen (secondary N) is 1. The third kappa shape index (κ3) is 2.38. The Hall–Kier alpha value is -1.75. The summed E-state index contributed by atoms with van der Waals surface area (Å²) in [6.07, 6.45) is 5.40. The van der Waals surface area contributed by atoms with Gasteiger partial charge in [0.1, 0.15) is 5.69 Å². The predicted molar refractivity (Wildman–Crippen MR) is 77.3 cm³/mol. The second kappa shape index (κ2) is 4.74.